The van der Waals surface area contributed by atoms with Crippen molar-refractivity contribution in [2.45, 2.75) is 38.5 Å². The molecule has 5 heteroatoms. The van der Waals surface area contributed by atoms with Crippen LogP contribution in [0, 0.1) is 5.82 Å². The van der Waals surface area contributed by atoms with E-state index in [-0.39, 0.29) is 11.5 Å². The number of rotatable bonds is 4. The number of benzene rings is 2. The Kier molecular flexibility index (Phi) is 5.05. The molecule has 0 atom stereocenters. The number of nitrogens with two attached hydrogens (primary N) is 1. The summed E-state index contributed by atoms with van der Waals surface area (Å²) in [6.45, 7) is 3.46. The summed E-state index contributed by atoms with van der Waals surface area (Å²) in [6.07, 6.45) is 7.01. The number of hydrogen-bond acceptors (Lipinski definition) is 2. The van der Waals surface area contributed by atoms with Crippen molar-refractivity contribution < 1.29 is 14.0 Å². The third-order valence-corrected chi connectivity index (χ3v) is 5.78. The molecule has 0 saturated heterocycles. The van der Waals surface area contributed by atoms with Crippen molar-refractivity contribution in [1.29, 1.82) is 0 Å². The van der Waals surface area contributed by atoms with Crippen molar-refractivity contribution in [2.75, 3.05) is 5.32 Å². The second-order valence-corrected chi connectivity index (χ2v) is 7.59. The summed E-state index contributed by atoms with van der Waals surface area (Å²) in [5, 5.41) is 2.72. The molecule has 4 nitrogen and oxygen atoms in total. The Bertz CT molecular complexity index is 1070. The SMILES string of the molecule is C=CC(=O)Nc1cccc(-c2c(F)cc(C(N)=O)c3c2C2=C(CCCCC2)C3)c1. The third-order valence-electron chi connectivity index (χ3n) is 5.78. The molecule has 0 aliphatic heterocycles. The van der Waals surface area contributed by atoms with Gasteiger partial charge in [-0.2, -0.15) is 0 Å². The van der Waals surface area contributed by atoms with Crippen LogP contribution in [0.25, 0.3) is 16.7 Å². The van der Waals surface area contributed by atoms with Crippen molar-refractivity contribution in [3.8, 4) is 11.1 Å². The minimum absolute atomic E-state index is 0.269. The van der Waals surface area contributed by atoms with E-state index >= 15 is 4.39 Å². The maximum Gasteiger partial charge on any atom is 0.249 e. The first-order valence-corrected chi connectivity index (χ1v) is 9.90. The third kappa shape index (κ3) is 3.48. The lowest BCUT2D eigenvalue weighted by Crippen LogP contribution is -2.15. The standard InChI is InChI=1S/C24H23FN2O2/c1-2-21(28)27-16-9-6-8-15(11-16)22-20(25)13-19(24(26)29)18-12-14-7-4-3-5-10-17(14)23(18)22/h2,6,8-9,11,13H,1,3-5,7,10,12H2,(H2,26,29)(H,27,28). The van der Waals surface area contributed by atoms with Gasteiger partial charge in [0.2, 0.25) is 11.8 Å². The lowest BCUT2D eigenvalue weighted by atomic mass is 9.88. The number of halogens is 1. The average Bonchev–Trinajstić information content (AvgIpc) is 2.89. The summed E-state index contributed by atoms with van der Waals surface area (Å²) in [6, 6.07) is 8.36. The Labute approximate surface area is 169 Å². The van der Waals surface area contributed by atoms with E-state index in [1.54, 1.807) is 18.2 Å². The van der Waals surface area contributed by atoms with Crippen molar-refractivity contribution >= 4 is 23.1 Å². The molecule has 2 amide bonds. The van der Waals surface area contributed by atoms with E-state index in [1.165, 1.54) is 17.7 Å². The fourth-order valence-electron chi connectivity index (χ4n) is 4.51. The normalized spacial score (nSPS) is 15.3. The Morgan fingerprint density at radius 2 is 1.90 bits per heavy atom. The van der Waals surface area contributed by atoms with Gasteiger partial charge in [-0.1, -0.05) is 30.7 Å². The highest BCUT2D eigenvalue weighted by atomic mass is 19.1. The van der Waals surface area contributed by atoms with Crippen LogP contribution in [0.4, 0.5) is 10.1 Å². The molecule has 0 fully saturated rings. The molecular formula is C24H23FN2O2. The van der Waals surface area contributed by atoms with Crippen molar-refractivity contribution in [1.82, 2.24) is 0 Å². The predicted molar refractivity (Wildman–Crippen MR) is 113 cm³/mol. The van der Waals surface area contributed by atoms with E-state index in [1.807, 2.05) is 6.07 Å². The zero-order valence-corrected chi connectivity index (χ0v) is 16.2. The van der Waals surface area contributed by atoms with Gasteiger partial charge in [-0.05, 0) is 78.6 Å². The fourth-order valence-corrected chi connectivity index (χ4v) is 4.51. The minimum Gasteiger partial charge on any atom is -0.366 e. The van der Waals surface area contributed by atoms with Gasteiger partial charge in [-0.15, -0.1) is 0 Å². The highest BCUT2D eigenvalue weighted by Gasteiger charge is 2.31. The number of anilines is 1. The van der Waals surface area contributed by atoms with Crippen LogP contribution in [0.15, 0.2) is 48.6 Å². The van der Waals surface area contributed by atoms with Gasteiger partial charge in [0.25, 0.3) is 0 Å². The monoisotopic (exact) mass is 390 g/mol. The first-order chi connectivity index (χ1) is 14.0. The number of carbonyl (C=O) groups is 2. The molecule has 0 saturated carbocycles. The van der Waals surface area contributed by atoms with Crippen LogP contribution in [-0.2, 0) is 11.2 Å². The number of nitrogens with one attached hydrogen (secondary N) is 1. The number of amides is 2. The highest BCUT2D eigenvalue weighted by Crippen LogP contribution is 2.47. The molecule has 3 N–H and O–H groups in total. The number of fused-ring (bicyclic) bond motifs is 2. The minimum atomic E-state index is -0.601. The second kappa shape index (κ2) is 7.66. The fraction of sp³-hybridized carbons (Fsp3) is 0.250. The second-order valence-electron chi connectivity index (χ2n) is 7.59. The Hall–Kier alpha value is -3.21. The Morgan fingerprint density at radius 1 is 1.10 bits per heavy atom. The largest absolute Gasteiger partial charge is 0.366 e. The maximum atomic E-state index is 15.3. The zero-order valence-electron chi connectivity index (χ0n) is 16.2. The molecular weight excluding hydrogens is 367 g/mol. The summed E-state index contributed by atoms with van der Waals surface area (Å²) < 4.78 is 15.3. The number of allylic oxidation sites excluding steroid dienone is 2. The van der Waals surface area contributed by atoms with Crippen LogP contribution >= 0.6 is 0 Å². The highest BCUT2D eigenvalue weighted by molar-refractivity contribution is 6.01. The topological polar surface area (TPSA) is 72.2 Å². The van der Waals surface area contributed by atoms with E-state index in [2.05, 4.69) is 11.9 Å². The molecule has 2 aromatic carbocycles. The molecule has 148 valence electrons. The van der Waals surface area contributed by atoms with Crippen LogP contribution in [0.2, 0.25) is 0 Å². The van der Waals surface area contributed by atoms with Gasteiger partial charge in [0.1, 0.15) is 5.82 Å². The lowest BCUT2D eigenvalue weighted by molar-refractivity contribution is -0.111. The van der Waals surface area contributed by atoms with Crippen LogP contribution in [0.3, 0.4) is 0 Å². The summed E-state index contributed by atoms with van der Waals surface area (Å²) in [5.74, 6) is -1.40. The summed E-state index contributed by atoms with van der Waals surface area (Å²) in [5.41, 5.74) is 11.7. The van der Waals surface area contributed by atoms with Crippen molar-refractivity contribution in [2.24, 2.45) is 5.73 Å². The maximum absolute atomic E-state index is 15.3. The Balaban J connectivity index is 1.91. The number of hydrogen-bond donors (Lipinski definition) is 2. The summed E-state index contributed by atoms with van der Waals surface area (Å²) >= 11 is 0. The summed E-state index contributed by atoms with van der Waals surface area (Å²) in [7, 11) is 0. The van der Waals surface area contributed by atoms with E-state index in [0.717, 1.165) is 48.8 Å². The molecule has 0 radical (unpaired) electrons. The quantitative estimate of drug-likeness (QED) is 0.722. The predicted octanol–water partition coefficient (Wildman–Crippen LogP) is 4.99. The van der Waals surface area contributed by atoms with Gasteiger partial charge in [-0.25, -0.2) is 4.39 Å². The number of primary amides is 1. The zero-order chi connectivity index (χ0) is 20.5. The molecule has 0 aromatic heterocycles. The molecule has 0 unspecified atom stereocenters. The van der Waals surface area contributed by atoms with E-state index < -0.39 is 11.7 Å². The smallest absolute Gasteiger partial charge is 0.249 e. The van der Waals surface area contributed by atoms with E-state index in [9.17, 15) is 9.59 Å². The van der Waals surface area contributed by atoms with Crippen LogP contribution in [-0.4, -0.2) is 11.8 Å². The first-order valence-electron chi connectivity index (χ1n) is 9.90. The van der Waals surface area contributed by atoms with Gasteiger partial charge in [-0.3, -0.25) is 9.59 Å². The Morgan fingerprint density at radius 3 is 2.66 bits per heavy atom. The van der Waals surface area contributed by atoms with Crippen LogP contribution < -0.4 is 11.1 Å². The van der Waals surface area contributed by atoms with Gasteiger partial charge < -0.3 is 11.1 Å². The summed E-state index contributed by atoms with van der Waals surface area (Å²) in [4.78, 5) is 23.7. The molecule has 0 heterocycles. The molecule has 0 spiro atoms. The molecule has 2 aliphatic carbocycles. The molecule has 2 aliphatic rings. The molecule has 4 rings (SSSR count). The van der Waals surface area contributed by atoms with E-state index in [4.69, 9.17) is 5.73 Å². The van der Waals surface area contributed by atoms with Crippen molar-refractivity contribution in [3.05, 3.63) is 71.1 Å². The van der Waals surface area contributed by atoms with E-state index in [0.29, 0.717) is 23.2 Å². The van der Waals surface area contributed by atoms with Crippen LogP contribution in [0.1, 0.15) is 53.6 Å². The molecule has 29 heavy (non-hydrogen) atoms. The van der Waals surface area contributed by atoms with Gasteiger partial charge in [0.15, 0.2) is 0 Å². The average molecular weight is 390 g/mol. The molecule has 2 aromatic rings. The van der Waals surface area contributed by atoms with Gasteiger partial charge in [0, 0.05) is 16.8 Å². The molecule has 0 bridgehead atoms. The van der Waals surface area contributed by atoms with Gasteiger partial charge in [0.05, 0.1) is 0 Å². The van der Waals surface area contributed by atoms with Crippen molar-refractivity contribution in [3.63, 3.8) is 0 Å². The van der Waals surface area contributed by atoms with Gasteiger partial charge >= 0.3 is 0 Å². The number of carbonyl (C=O) groups excluding carboxylic acids is 2. The first kappa shape index (κ1) is 19.1. The van der Waals surface area contributed by atoms with Crippen LogP contribution in [0.5, 0.6) is 0 Å². The lowest BCUT2D eigenvalue weighted by Gasteiger charge is -2.17.